The molecule has 2 aromatic carbocycles. The van der Waals surface area contributed by atoms with E-state index in [-0.39, 0.29) is 6.03 Å². The maximum Gasteiger partial charge on any atom is 0.315 e. The molecule has 116 valence electrons. The predicted octanol–water partition coefficient (Wildman–Crippen LogP) is 4.16. The van der Waals surface area contributed by atoms with Crippen LogP contribution in [0.4, 0.5) is 4.79 Å². The summed E-state index contributed by atoms with van der Waals surface area (Å²) in [4.78, 5) is 11.7. The summed E-state index contributed by atoms with van der Waals surface area (Å²) in [5.41, 5.74) is 2.37. The average Bonchev–Trinajstić information content (AvgIpc) is 2.55. The Hall–Kier alpha value is -2.00. The summed E-state index contributed by atoms with van der Waals surface area (Å²) in [6.45, 7) is 1.20. The number of hydrogen-bond donors (Lipinski definition) is 2. The maximum absolute atomic E-state index is 11.7. The molecule has 0 aliphatic heterocycles. The number of carbonyl (C=O) groups is 1. The van der Waals surface area contributed by atoms with Crippen LogP contribution >= 0.6 is 11.6 Å². The highest BCUT2D eigenvalue weighted by Gasteiger charge is 2.00. The van der Waals surface area contributed by atoms with Crippen molar-refractivity contribution in [2.75, 3.05) is 6.54 Å². The monoisotopic (exact) mass is 316 g/mol. The molecule has 0 aliphatic carbocycles. The Labute approximate surface area is 136 Å². The van der Waals surface area contributed by atoms with Crippen LogP contribution in [0.1, 0.15) is 24.0 Å². The van der Waals surface area contributed by atoms with Crippen LogP contribution in [-0.2, 0) is 13.0 Å². The molecule has 2 N–H and O–H groups in total. The minimum Gasteiger partial charge on any atom is -0.338 e. The van der Waals surface area contributed by atoms with Crippen molar-refractivity contribution in [2.45, 2.75) is 25.8 Å². The number of unbranched alkanes of at least 4 members (excludes halogenated alkanes) is 1. The molecular formula is C18H21ClN2O. The molecular weight excluding hydrogens is 296 g/mol. The summed E-state index contributed by atoms with van der Waals surface area (Å²) in [6.07, 6.45) is 3.10. The van der Waals surface area contributed by atoms with E-state index in [9.17, 15) is 4.79 Å². The molecule has 0 saturated heterocycles. The fourth-order valence-corrected chi connectivity index (χ4v) is 2.27. The molecule has 0 aliphatic rings. The van der Waals surface area contributed by atoms with E-state index in [1.807, 2.05) is 30.3 Å². The van der Waals surface area contributed by atoms with Crippen molar-refractivity contribution in [2.24, 2.45) is 0 Å². The Morgan fingerprint density at radius 1 is 0.864 bits per heavy atom. The highest BCUT2D eigenvalue weighted by molar-refractivity contribution is 6.30. The van der Waals surface area contributed by atoms with Crippen molar-refractivity contribution in [3.05, 3.63) is 70.7 Å². The lowest BCUT2D eigenvalue weighted by molar-refractivity contribution is 0.240. The van der Waals surface area contributed by atoms with E-state index in [0.717, 1.165) is 24.8 Å². The van der Waals surface area contributed by atoms with E-state index in [4.69, 9.17) is 11.6 Å². The first-order valence-corrected chi connectivity index (χ1v) is 7.92. The summed E-state index contributed by atoms with van der Waals surface area (Å²) in [7, 11) is 0. The molecule has 0 aromatic heterocycles. The standard InChI is InChI=1S/C18H21ClN2O/c19-17-11-9-16(10-12-17)14-21-18(22)20-13-5-4-8-15-6-2-1-3-7-15/h1-3,6-7,9-12H,4-5,8,13-14H2,(H2,20,21,22). The molecule has 0 atom stereocenters. The lowest BCUT2D eigenvalue weighted by Crippen LogP contribution is -2.35. The van der Waals surface area contributed by atoms with Gasteiger partial charge in [0.25, 0.3) is 0 Å². The molecule has 4 heteroatoms. The molecule has 2 aromatic rings. The molecule has 22 heavy (non-hydrogen) atoms. The van der Waals surface area contributed by atoms with Crippen LogP contribution in [0.5, 0.6) is 0 Å². The second-order valence-electron chi connectivity index (χ2n) is 5.18. The van der Waals surface area contributed by atoms with Crippen molar-refractivity contribution in [3.8, 4) is 0 Å². The number of urea groups is 1. The Bertz CT molecular complexity index is 569. The molecule has 0 saturated carbocycles. The second kappa shape index (κ2) is 9.11. The lowest BCUT2D eigenvalue weighted by Gasteiger charge is -2.08. The number of nitrogens with one attached hydrogen (secondary N) is 2. The van der Waals surface area contributed by atoms with E-state index in [1.165, 1.54) is 5.56 Å². The second-order valence-corrected chi connectivity index (χ2v) is 5.62. The van der Waals surface area contributed by atoms with Gasteiger partial charge in [-0.2, -0.15) is 0 Å². The average molecular weight is 317 g/mol. The summed E-state index contributed by atoms with van der Waals surface area (Å²) in [5.74, 6) is 0. The van der Waals surface area contributed by atoms with Crippen molar-refractivity contribution < 1.29 is 4.79 Å². The number of aryl methyl sites for hydroxylation is 1. The van der Waals surface area contributed by atoms with Gasteiger partial charge in [-0.1, -0.05) is 54.1 Å². The minimum absolute atomic E-state index is 0.130. The highest BCUT2D eigenvalue weighted by atomic mass is 35.5. The number of halogens is 1. The molecule has 0 unspecified atom stereocenters. The van der Waals surface area contributed by atoms with Gasteiger partial charge in [-0.25, -0.2) is 4.79 Å². The predicted molar refractivity (Wildman–Crippen MR) is 91.1 cm³/mol. The van der Waals surface area contributed by atoms with Crippen LogP contribution < -0.4 is 10.6 Å². The summed E-state index contributed by atoms with van der Waals surface area (Å²) in [5, 5.41) is 6.41. The van der Waals surface area contributed by atoms with Gasteiger partial charge in [0.2, 0.25) is 0 Å². The fraction of sp³-hybridized carbons (Fsp3) is 0.278. The molecule has 2 rings (SSSR count). The normalized spacial score (nSPS) is 10.2. The zero-order valence-corrected chi connectivity index (χ0v) is 13.3. The largest absolute Gasteiger partial charge is 0.338 e. The Kier molecular flexibility index (Phi) is 6.78. The Balaban J connectivity index is 1.55. The number of carbonyl (C=O) groups excluding carboxylic acids is 1. The third-order valence-electron chi connectivity index (χ3n) is 3.39. The number of amides is 2. The summed E-state index contributed by atoms with van der Waals surface area (Å²) < 4.78 is 0. The summed E-state index contributed by atoms with van der Waals surface area (Å²) in [6, 6.07) is 17.7. The van der Waals surface area contributed by atoms with Crippen LogP contribution in [0.25, 0.3) is 0 Å². The zero-order valence-electron chi connectivity index (χ0n) is 12.5. The van der Waals surface area contributed by atoms with Crippen molar-refractivity contribution in [3.63, 3.8) is 0 Å². The van der Waals surface area contributed by atoms with E-state index >= 15 is 0 Å². The number of hydrogen-bond acceptors (Lipinski definition) is 1. The van der Waals surface area contributed by atoms with Gasteiger partial charge in [0.1, 0.15) is 0 Å². The molecule has 0 fully saturated rings. The van der Waals surface area contributed by atoms with Gasteiger partial charge in [0, 0.05) is 18.1 Å². The van der Waals surface area contributed by atoms with E-state index in [1.54, 1.807) is 0 Å². The molecule has 2 amide bonds. The van der Waals surface area contributed by atoms with Crippen LogP contribution in [0.15, 0.2) is 54.6 Å². The van der Waals surface area contributed by atoms with Crippen LogP contribution in [0, 0.1) is 0 Å². The first-order chi connectivity index (χ1) is 10.7. The first kappa shape index (κ1) is 16.4. The number of rotatable bonds is 7. The first-order valence-electron chi connectivity index (χ1n) is 7.54. The van der Waals surface area contributed by atoms with Gasteiger partial charge >= 0.3 is 6.03 Å². The number of benzene rings is 2. The SMILES string of the molecule is O=C(NCCCCc1ccccc1)NCc1ccc(Cl)cc1. The maximum atomic E-state index is 11.7. The minimum atomic E-state index is -0.130. The van der Waals surface area contributed by atoms with Gasteiger partial charge in [0.05, 0.1) is 0 Å². The van der Waals surface area contributed by atoms with Crippen LogP contribution in [0.3, 0.4) is 0 Å². The molecule has 3 nitrogen and oxygen atoms in total. The van der Waals surface area contributed by atoms with Gasteiger partial charge in [-0.3, -0.25) is 0 Å². The third-order valence-corrected chi connectivity index (χ3v) is 3.64. The topological polar surface area (TPSA) is 41.1 Å². The molecule has 0 bridgehead atoms. The van der Waals surface area contributed by atoms with Crippen LogP contribution in [0.2, 0.25) is 5.02 Å². The quantitative estimate of drug-likeness (QED) is 0.740. The summed E-state index contributed by atoms with van der Waals surface area (Å²) >= 11 is 5.82. The van der Waals surface area contributed by atoms with Crippen LogP contribution in [-0.4, -0.2) is 12.6 Å². The van der Waals surface area contributed by atoms with E-state index < -0.39 is 0 Å². The van der Waals surface area contributed by atoms with Gasteiger partial charge < -0.3 is 10.6 Å². The van der Waals surface area contributed by atoms with E-state index in [0.29, 0.717) is 18.1 Å². The van der Waals surface area contributed by atoms with Gasteiger partial charge in [-0.05, 0) is 42.5 Å². The van der Waals surface area contributed by atoms with Crippen molar-refractivity contribution in [1.82, 2.24) is 10.6 Å². The van der Waals surface area contributed by atoms with E-state index in [2.05, 4.69) is 34.9 Å². The van der Waals surface area contributed by atoms with Crippen molar-refractivity contribution in [1.29, 1.82) is 0 Å². The van der Waals surface area contributed by atoms with Crippen molar-refractivity contribution >= 4 is 17.6 Å². The molecule has 0 spiro atoms. The Morgan fingerprint density at radius 3 is 2.32 bits per heavy atom. The fourth-order valence-electron chi connectivity index (χ4n) is 2.15. The highest BCUT2D eigenvalue weighted by Crippen LogP contribution is 2.09. The van der Waals surface area contributed by atoms with Gasteiger partial charge in [-0.15, -0.1) is 0 Å². The third kappa shape index (κ3) is 6.19. The Morgan fingerprint density at radius 2 is 1.59 bits per heavy atom. The molecule has 0 radical (unpaired) electrons. The van der Waals surface area contributed by atoms with Gasteiger partial charge in [0.15, 0.2) is 0 Å². The lowest BCUT2D eigenvalue weighted by atomic mass is 10.1. The molecule has 0 heterocycles. The zero-order chi connectivity index (χ0) is 15.6. The smallest absolute Gasteiger partial charge is 0.315 e.